The van der Waals surface area contributed by atoms with E-state index in [0.717, 1.165) is 16.7 Å². The average molecular weight is 313 g/mol. The molecular weight excluding hydrogens is 302 g/mol. The molecular formula is C16H11NO4S. The number of hydrogen-bond donors (Lipinski definition) is 2. The van der Waals surface area contributed by atoms with Gasteiger partial charge >= 0.3 is 0 Å². The maximum atomic E-state index is 12.4. The Hall–Kier alpha value is -2.73. The number of anilines is 1. The number of phenolic OH excluding ortho intramolecular Hbond substituents is 2. The molecule has 1 heterocycles. The van der Waals surface area contributed by atoms with E-state index in [2.05, 4.69) is 0 Å². The van der Waals surface area contributed by atoms with E-state index in [1.54, 1.807) is 30.3 Å². The minimum atomic E-state index is -0.455. The van der Waals surface area contributed by atoms with E-state index in [1.807, 2.05) is 0 Å². The number of phenols is 2. The Morgan fingerprint density at radius 3 is 2.32 bits per heavy atom. The van der Waals surface area contributed by atoms with Crippen molar-refractivity contribution in [2.24, 2.45) is 0 Å². The maximum Gasteiger partial charge on any atom is 0.298 e. The fourth-order valence-corrected chi connectivity index (χ4v) is 2.93. The molecule has 110 valence electrons. The van der Waals surface area contributed by atoms with Gasteiger partial charge in [-0.2, -0.15) is 0 Å². The number of carbonyl (C=O) groups is 2. The third-order valence-electron chi connectivity index (χ3n) is 3.05. The number of amides is 2. The number of rotatable bonds is 2. The highest BCUT2D eigenvalue weighted by Crippen LogP contribution is 2.36. The van der Waals surface area contributed by atoms with Gasteiger partial charge in [-0.25, -0.2) is 4.90 Å². The van der Waals surface area contributed by atoms with E-state index in [9.17, 15) is 19.8 Å². The zero-order chi connectivity index (χ0) is 15.7. The fourth-order valence-electron chi connectivity index (χ4n) is 2.09. The Labute approximate surface area is 130 Å². The van der Waals surface area contributed by atoms with Crippen molar-refractivity contribution in [1.29, 1.82) is 0 Å². The Bertz CT molecular complexity index is 800. The first-order valence-corrected chi connectivity index (χ1v) is 7.22. The van der Waals surface area contributed by atoms with Crippen molar-refractivity contribution in [1.82, 2.24) is 0 Å². The molecule has 0 bridgehead atoms. The van der Waals surface area contributed by atoms with Crippen molar-refractivity contribution in [3.8, 4) is 11.5 Å². The topological polar surface area (TPSA) is 77.8 Å². The summed E-state index contributed by atoms with van der Waals surface area (Å²) in [6.45, 7) is 0. The normalized spacial score (nSPS) is 16.5. The van der Waals surface area contributed by atoms with E-state index in [0.29, 0.717) is 11.3 Å². The maximum absolute atomic E-state index is 12.4. The first-order valence-electron chi connectivity index (χ1n) is 6.40. The van der Waals surface area contributed by atoms with Gasteiger partial charge in [0.25, 0.3) is 11.1 Å². The van der Waals surface area contributed by atoms with Gasteiger partial charge in [-0.05, 0) is 47.7 Å². The predicted octanol–water partition coefficient (Wildman–Crippen LogP) is 3.34. The Kier molecular flexibility index (Phi) is 3.60. The molecule has 0 spiro atoms. The van der Waals surface area contributed by atoms with Gasteiger partial charge in [0.15, 0.2) is 0 Å². The van der Waals surface area contributed by atoms with Gasteiger partial charge < -0.3 is 10.2 Å². The lowest BCUT2D eigenvalue weighted by molar-refractivity contribution is -0.113. The number of carbonyl (C=O) groups excluding carboxylic acids is 2. The molecule has 3 rings (SSSR count). The monoisotopic (exact) mass is 313 g/mol. The SMILES string of the molecule is O=C1SC(=Cc2cccc(O)c2)C(=O)N1c1cccc(O)c1. The lowest BCUT2D eigenvalue weighted by Crippen LogP contribution is -2.27. The second-order valence-corrected chi connectivity index (χ2v) is 5.63. The quantitative estimate of drug-likeness (QED) is 0.831. The number of imide groups is 1. The Morgan fingerprint density at radius 2 is 1.64 bits per heavy atom. The van der Waals surface area contributed by atoms with Gasteiger partial charge in [0.05, 0.1) is 10.6 Å². The fraction of sp³-hybridized carbons (Fsp3) is 0. The average Bonchev–Trinajstić information content (AvgIpc) is 2.73. The minimum Gasteiger partial charge on any atom is -0.508 e. The summed E-state index contributed by atoms with van der Waals surface area (Å²) in [6, 6.07) is 12.4. The van der Waals surface area contributed by atoms with Crippen molar-refractivity contribution in [2.75, 3.05) is 4.90 Å². The molecule has 2 amide bonds. The van der Waals surface area contributed by atoms with Crippen LogP contribution < -0.4 is 4.90 Å². The van der Waals surface area contributed by atoms with Crippen LogP contribution in [-0.4, -0.2) is 21.4 Å². The largest absolute Gasteiger partial charge is 0.508 e. The van der Waals surface area contributed by atoms with Crippen molar-refractivity contribution in [2.45, 2.75) is 0 Å². The standard InChI is InChI=1S/C16H11NO4S/c18-12-5-1-3-10(7-12)8-14-15(20)17(16(21)22-14)11-4-2-6-13(19)9-11/h1-9,18-19H. The second-order valence-electron chi connectivity index (χ2n) is 4.63. The number of nitrogens with zero attached hydrogens (tertiary/aromatic N) is 1. The molecule has 1 fully saturated rings. The predicted molar refractivity (Wildman–Crippen MR) is 84.7 cm³/mol. The van der Waals surface area contributed by atoms with Crippen molar-refractivity contribution in [3.63, 3.8) is 0 Å². The highest BCUT2D eigenvalue weighted by Gasteiger charge is 2.36. The van der Waals surface area contributed by atoms with E-state index in [-0.39, 0.29) is 16.4 Å². The number of benzene rings is 2. The first-order chi connectivity index (χ1) is 10.5. The summed E-state index contributed by atoms with van der Waals surface area (Å²) in [4.78, 5) is 25.7. The molecule has 1 aliphatic rings. The number of thioether (sulfide) groups is 1. The van der Waals surface area contributed by atoms with Gasteiger partial charge in [0.1, 0.15) is 11.5 Å². The van der Waals surface area contributed by atoms with Gasteiger partial charge in [0, 0.05) is 6.07 Å². The van der Waals surface area contributed by atoms with Gasteiger partial charge in [0.2, 0.25) is 0 Å². The van der Waals surface area contributed by atoms with Crippen LogP contribution in [0.25, 0.3) is 6.08 Å². The van der Waals surface area contributed by atoms with E-state index in [4.69, 9.17) is 0 Å². The van der Waals surface area contributed by atoms with Crippen LogP contribution >= 0.6 is 11.8 Å². The Balaban J connectivity index is 1.95. The van der Waals surface area contributed by atoms with Crippen molar-refractivity contribution in [3.05, 3.63) is 59.0 Å². The molecule has 5 nitrogen and oxygen atoms in total. The van der Waals surface area contributed by atoms with E-state index >= 15 is 0 Å². The third-order valence-corrected chi connectivity index (χ3v) is 3.92. The molecule has 6 heteroatoms. The van der Waals surface area contributed by atoms with Crippen LogP contribution in [0.3, 0.4) is 0 Å². The van der Waals surface area contributed by atoms with E-state index in [1.165, 1.54) is 24.3 Å². The molecule has 0 atom stereocenters. The smallest absolute Gasteiger partial charge is 0.298 e. The van der Waals surface area contributed by atoms with Gasteiger partial charge in [-0.15, -0.1) is 0 Å². The molecule has 0 aliphatic carbocycles. The van der Waals surface area contributed by atoms with Crippen molar-refractivity contribution >= 4 is 34.7 Å². The highest BCUT2D eigenvalue weighted by molar-refractivity contribution is 8.19. The van der Waals surface area contributed by atoms with Gasteiger partial charge in [-0.3, -0.25) is 9.59 Å². The third kappa shape index (κ3) is 2.68. The summed E-state index contributed by atoms with van der Waals surface area (Å²) in [5.41, 5.74) is 0.947. The summed E-state index contributed by atoms with van der Waals surface area (Å²) in [5, 5.41) is 18.5. The van der Waals surface area contributed by atoms with Crippen LogP contribution in [0.4, 0.5) is 10.5 Å². The summed E-state index contributed by atoms with van der Waals surface area (Å²) < 4.78 is 0. The minimum absolute atomic E-state index is 0.0199. The summed E-state index contributed by atoms with van der Waals surface area (Å²) in [5.74, 6) is -0.390. The zero-order valence-corrected chi connectivity index (χ0v) is 12.1. The molecule has 22 heavy (non-hydrogen) atoms. The Morgan fingerprint density at radius 1 is 0.955 bits per heavy atom. The molecule has 2 aromatic rings. The van der Waals surface area contributed by atoms with Crippen LogP contribution in [0.5, 0.6) is 11.5 Å². The summed E-state index contributed by atoms with van der Waals surface area (Å²) in [7, 11) is 0. The summed E-state index contributed by atoms with van der Waals surface area (Å²) >= 11 is 0.818. The lowest BCUT2D eigenvalue weighted by atomic mass is 10.2. The molecule has 2 N–H and O–H groups in total. The first kappa shape index (κ1) is 14.2. The molecule has 0 unspecified atom stereocenters. The van der Waals surface area contributed by atoms with Crippen LogP contribution in [0, 0.1) is 0 Å². The van der Waals surface area contributed by atoms with Crippen LogP contribution in [0.15, 0.2) is 53.4 Å². The van der Waals surface area contributed by atoms with Crippen LogP contribution in [0.1, 0.15) is 5.56 Å². The molecule has 0 saturated carbocycles. The highest BCUT2D eigenvalue weighted by atomic mass is 32.2. The lowest BCUT2D eigenvalue weighted by Gasteiger charge is -2.12. The second kappa shape index (κ2) is 5.57. The number of hydrogen-bond acceptors (Lipinski definition) is 5. The van der Waals surface area contributed by atoms with Crippen LogP contribution in [-0.2, 0) is 4.79 Å². The summed E-state index contributed by atoms with van der Waals surface area (Å²) in [6.07, 6.45) is 1.55. The van der Waals surface area contributed by atoms with E-state index < -0.39 is 11.1 Å². The zero-order valence-electron chi connectivity index (χ0n) is 11.3. The molecule has 1 aliphatic heterocycles. The van der Waals surface area contributed by atoms with Gasteiger partial charge in [-0.1, -0.05) is 18.2 Å². The molecule has 0 aromatic heterocycles. The van der Waals surface area contributed by atoms with Crippen molar-refractivity contribution < 1.29 is 19.8 Å². The number of aromatic hydroxyl groups is 2. The molecule has 2 aromatic carbocycles. The molecule has 0 radical (unpaired) electrons. The molecule has 1 saturated heterocycles. The van der Waals surface area contributed by atoms with Crippen LogP contribution in [0.2, 0.25) is 0 Å².